The zero-order valence-corrected chi connectivity index (χ0v) is 24.8. The van der Waals surface area contributed by atoms with Crippen LogP contribution < -0.4 is 24.3 Å². The number of nitrogens with one attached hydrogen (secondary N) is 1. The average molecular weight is 572 g/mol. The van der Waals surface area contributed by atoms with Crippen molar-refractivity contribution in [3.63, 3.8) is 0 Å². The van der Waals surface area contributed by atoms with Crippen LogP contribution in [0.4, 0.5) is 0 Å². The fraction of sp³-hybridized carbons (Fsp3) is 0.586. The second kappa shape index (κ2) is 13.9. The minimum absolute atomic E-state index is 0. The highest BCUT2D eigenvalue weighted by molar-refractivity contribution is 5.85. The molecule has 3 aliphatic rings. The molecule has 2 aromatic rings. The summed E-state index contributed by atoms with van der Waals surface area (Å²) in [7, 11) is 6.90. The molecule has 0 amide bonds. The van der Waals surface area contributed by atoms with Gasteiger partial charge >= 0.3 is 0 Å². The molecule has 1 saturated heterocycles. The van der Waals surface area contributed by atoms with Gasteiger partial charge in [0.15, 0.2) is 23.0 Å². The van der Waals surface area contributed by atoms with Crippen molar-refractivity contribution >= 4 is 24.8 Å². The lowest BCUT2D eigenvalue weighted by Crippen LogP contribution is -2.46. The number of benzene rings is 2. The molecule has 5 rings (SSSR count). The van der Waals surface area contributed by atoms with Gasteiger partial charge in [-0.05, 0) is 90.6 Å². The number of ether oxygens (including phenoxy) is 4. The normalized spacial score (nSPS) is 23.7. The van der Waals surface area contributed by atoms with Crippen LogP contribution in [0.15, 0.2) is 24.3 Å². The van der Waals surface area contributed by atoms with Gasteiger partial charge in [0, 0.05) is 25.2 Å². The number of rotatable bonds is 7. The highest BCUT2D eigenvalue weighted by atomic mass is 35.5. The third-order valence-electron chi connectivity index (χ3n) is 8.64. The molecular weight excluding hydrogens is 527 g/mol. The first-order chi connectivity index (χ1) is 17.1. The molecule has 214 valence electrons. The molecule has 0 bridgehead atoms. The maximum Gasteiger partial charge on any atom is 0.161 e. The Morgan fingerprint density at radius 3 is 1.92 bits per heavy atom. The van der Waals surface area contributed by atoms with E-state index >= 15 is 0 Å². The Hall–Kier alpha value is -1.90. The summed E-state index contributed by atoms with van der Waals surface area (Å²) in [6.07, 6.45) is 5.65. The van der Waals surface area contributed by atoms with E-state index in [9.17, 15) is 0 Å². The van der Waals surface area contributed by atoms with Gasteiger partial charge in [-0.2, -0.15) is 0 Å². The zero-order chi connectivity index (χ0) is 24.5. The second-order valence-electron chi connectivity index (χ2n) is 10.2. The Bertz CT molecular complexity index is 1070. The Kier molecular flexibility index (Phi) is 11.9. The Morgan fingerprint density at radius 2 is 1.34 bits per heavy atom. The molecule has 0 saturated carbocycles. The molecule has 1 unspecified atom stereocenters. The smallest absolute Gasteiger partial charge is 0.161 e. The molecular formula is C29H44Cl2N2O5. The van der Waals surface area contributed by atoms with Gasteiger partial charge in [0.25, 0.3) is 0 Å². The quantitative estimate of drug-likeness (QED) is 0.506. The molecule has 2 aromatic carbocycles. The van der Waals surface area contributed by atoms with Crippen LogP contribution in [0, 0.1) is 11.8 Å². The van der Waals surface area contributed by atoms with Gasteiger partial charge in [0.1, 0.15) is 0 Å². The van der Waals surface area contributed by atoms with Crippen LogP contribution in [0.25, 0.3) is 0 Å². The Morgan fingerprint density at radius 1 is 0.789 bits per heavy atom. The standard InChI is InChI=1S/C29H40N2O4.2ClH.H2O/c1-6-18-17-31-10-8-20-14-27(33-3)29(35-5)16-23(20)25(31)12-21(18)11-24-22-15-28(34-4)26(32-2)13-19(22)7-9-30-24;;;/h13-16,18,21,24-25,30H,6-12,17H2,1-5H3;2*1H;1H2/t18-,21-,24+,25?;;;/m0.../s1. The van der Waals surface area contributed by atoms with E-state index in [-0.39, 0.29) is 30.3 Å². The van der Waals surface area contributed by atoms with E-state index in [0.29, 0.717) is 23.9 Å². The van der Waals surface area contributed by atoms with Gasteiger partial charge < -0.3 is 29.7 Å². The SMILES string of the molecule is CC[C@H]1CN2CCc3cc(OC)c(OC)cc3C2C[C@@H]1C[C@H]1NCCc2cc(OC)c(OC)cc21.Cl.Cl.O. The second-order valence-corrected chi connectivity index (χ2v) is 10.2. The van der Waals surface area contributed by atoms with Crippen molar-refractivity contribution in [2.75, 3.05) is 48.1 Å². The third-order valence-corrected chi connectivity index (χ3v) is 8.64. The highest BCUT2D eigenvalue weighted by Gasteiger charge is 2.40. The fourth-order valence-corrected chi connectivity index (χ4v) is 6.74. The van der Waals surface area contributed by atoms with E-state index in [4.69, 9.17) is 18.9 Å². The molecule has 7 nitrogen and oxygen atoms in total. The van der Waals surface area contributed by atoms with Crippen LogP contribution in [0.5, 0.6) is 23.0 Å². The van der Waals surface area contributed by atoms with Gasteiger partial charge in [-0.3, -0.25) is 4.90 Å². The minimum atomic E-state index is 0. The number of hydrogen-bond donors (Lipinski definition) is 1. The number of halogens is 2. The third kappa shape index (κ3) is 5.97. The summed E-state index contributed by atoms with van der Waals surface area (Å²) in [5, 5.41) is 3.83. The number of fused-ring (bicyclic) bond motifs is 4. The molecule has 3 heterocycles. The molecule has 4 atom stereocenters. The van der Waals surface area contributed by atoms with Crippen LogP contribution in [0.2, 0.25) is 0 Å². The largest absolute Gasteiger partial charge is 0.493 e. The lowest BCUT2D eigenvalue weighted by atomic mass is 9.72. The summed E-state index contributed by atoms with van der Waals surface area (Å²) in [5.41, 5.74) is 5.60. The molecule has 3 N–H and O–H groups in total. The van der Waals surface area contributed by atoms with Crippen LogP contribution in [-0.2, 0) is 12.8 Å². The Labute approximate surface area is 239 Å². The van der Waals surface area contributed by atoms with E-state index < -0.39 is 0 Å². The zero-order valence-electron chi connectivity index (χ0n) is 23.2. The van der Waals surface area contributed by atoms with Crippen molar-refractivity contribution in [1.82, 2.24) is 10.2 Å². The molecule has 38 heavy (non-hydrogen) atoms. The summed E-state index contributed by atoms with van der Waals surface area (Å²) < 4.78 is 22.5. The number of methoxy groups -OCH3 is 4. The van der Waals surface area contributed by atoms with Gasteiger partial charge in [0.2, 0.25) is 0 Å². The van der Waals surface area contributed by atoms with E-state index in [1.165, 1.54) is 41.6 Å². The topological polar surface area (TPSA) is 83.7 Å². The van der Waals surface area contributed by atoms with Crippen LogP contribution in [-0.4, -0.2) is 58.4 Å². The predicted molar refractivity (Wildman–Crippen MR) is 156 cm³/mol. The first-order valence-corrected chi connectivity index (χ1v) is 13.1. The van der Waals surface area contributed by atoms with Gasteiger partial charge in [-0.25, -0.2) is 0 Å². The van der Waals surface area contributed by atoms with E-state index in [1.807, 2.05) is 0 Å². The monoisotopic (exact) mass is 570 g/mol. The average Bonchev–Trinajstić information content (AvgIpc) is 2.91. The minimum Gasteiger partial charge on any atom is -0.493 e. The Balaban J connectivity index is 0.00000169. The first kappa shape index (κ1) is 32.3. The predicted octanol–water partition coefficient (Wildman–Crippen LogP) is 4.96. The summed E-state index contributed by atoms with van der Waals surface area (Å²) in [6, 6.07) is 9.61. The molecule has 0 radical (unpaired) electrons. The fourth-order valence-electron chi connectivity index (χ4n) is 6.74. The molecule has 1 fully saturated rings. The van der Waals surface area contributed by atoms with Gasteiger partial charge in [-0.1, -0.05) is 13.3 Å². The van der Waals surface area contributed by atoms with Crippen molar-refractivity contribution in [2.24, 2.45) is 11.8 Å². The summed E-state index contributed by atoms with van der Waals surface area (Å²) in [5.74, 6) is 4.69. The lowest BCUT2D eigenvalue weighted by molar-refractivity contribution is 0.0434. The molecule has 0 aromatic heterocycles. The summed E-state index contributed by atoms with van der Waals surface area (Å²) in [6.45, 7) is 5.66. The number of hydrogen-bond acceptors (Lipinski definition) is 6. The molecule has 0 aliphatic carbocycles. The maximum absolute atomic E-state index is 5.68. The molecule has 3 aliphatic heterocycles. The number of nitrogens with zero attached hydrogens (tertiary/aromatic N) is 1. The van der Waals surface area contributed by atoms with Crippen molar-refractivity contribution < 1.29 is 24.4 Å². The van der Waals surface area contributed by atoms with Crippen molar-refractivity contribution in [2.45, 2.75) is 51.1 Å². The van der Waals surface area contributed by atoms with E-state index in [1.54, 1.807) is 28.4 Å². The van der Waals surface area contributed by atoms with Crippen LogP contribution in [0.1, 0.15) is 60.5 Å². The van der Waals surface area contributed by atoms with Gasteiger partial charge in [-0.15, -0.1) is 24.8 Å². The summed E-state index contributed by atoms with van der Waals surface area (Å²) in [4.78, 5) is 2.72. The van der Waals surface area contributed by atoms with Crippen molar-refractivity contribution in [3.8, 4) is 23.0 Å². The van der Waals surface area contributed by atoms with Crippen LogP contribution >= 0.6 is 24.8 Å². The lowest BCUT2D eigenvalue weighted by Gasteiger charge is -2.48. The van der Waals surface area contributed by atoms with Crippen molar-refractivity contribution in [1.29, 1.82) is 0 Å². The van der Waals surface area contributed by atoms with Crippen LogP contribution in [0.3, 0.4) is 0 Å². The van der Waals surface area contributed by atoms with Gasteiger partial charge in [0.05, 0.1) is 28.4 Å². The molecule has 0 spiro atoms. The first-order valence-electron chi connectivity index (χ1n) is 13.1. The highest BCUT2D eigenvalue weighted by Crippen LogP contribution is 2.48. The number of piperidine rings is 1. The maximum atomic E-state index is 5.68. The summed E-state index contributed by atoms with van der Waals surface area (Å²) >= 11 is 0. The van der Waals surface area contributed by atoms with E-state index in [2.05, 4.69) is 41.4 Å². The molecule has 9 heteroatoms. The van der Waals surface area contributed by atoms with Crippen molar-refractivity contribution in [3.05, 3.63) is 46.5 Å². The van der Waals surface area contributed by atoms with E-state index in [0.717, 1.165) is 55.4 Å².